The van der Waals surface area contributed by atoms with Gasteiger partial charge in [0, 0.05) is 12.2 Å². The number of para-hydroxylation sites is 2. The van der Waals surface area contributed by atoms with Crippen molar-refractivity contribution >= 4 is 62.3 Å². The SMILES string of the molecule is O=C(CC1C(=O)Nc2ccccc2N1S(=O)(=O)c1ccc(Cl)c(Cl)c1)OCCCCc1ccc2c(n1)NCCC2. The quantitative estimate of drug-likeness (QED) is 0.255. The number of hydrogen-bond donors (Lipinski definition) is 2. The van der Waals surface area contributed by atoms with E-state index in [0.29, 0.717) is 12.1 Å². The Morgan fingerprint density at radius 2 is 1.90 bits per heavy atom. The molecule has 2 aliphatic heterocycles. The number of benzene rings is 2. The first-order chi connectivity index (χ1) is 19.2. The first-order valence-electron chi connectivity index (χ1n) is 13.0. The monoisotopic (exact) mass is 602 g/mol. The standard InChI is InChI=1S/C28H28Cl2N4O5S/c29-21-13-12-20(16-22(21)30)40(37,38)34-24-9-2-1-8-23(24)33-28(36)25(34)17-26(35)39-15-4-3-7-19-11-10-18-6-5-14-31-27(18)32-19/h1-2,8-13,16,25H,3-7,14-15,17H2,(H,31,32)(H,33,36). The van der Waals surface area contributed by atoms with E-state index < -0.39 is 34.4 Å². The second-order valence-corrected chi connectivity index (χ2v) is 12.3. The lowest BCUT2D eigenvalue weighted by atomic mass is 10.1. The molecule has 3 heterocycles. The van der Waals surface area contributed by atoms with Crippen molar-refractivity contribution in [2.75, 3.05) is 28.1 Å². The van der Waals surface area contributed by atoms with Crippen molar-refractivity contribution < 1.29 is 22.7 Å². The number of esters is 1. The zero-order valence-corrected chi connectivity index (χ0v) is 23.9. The molecule has 2 aromatic carbocycles. The highest BCUT2D eigenvalue weighted by atomic mass is 35.5. The summed E-state index contributed by atoms with van der Waals surface area (Å²) in [6, 6.07) is 13.2. The Kier molecular flexibility index (Phi) is 8.48. The van der Waals surface area contributed by atoms with Crippen LogP contribution in [0.25, 0.3) is 0 Å². The molecule has 210 valence electrons. The van der Waals surface area contributed by atoms with Gasteiger partial charge in [0.1, 0.15) is 11.9 Å². The molecule has 12 heteroatoms. The average Bonchev–Trinajstić information content (AvgIpc) is 2.94. The molecule has 1 atom stereocenters. The fourth-order valence-electron chi connectivity index (χ4n) is 4.80. The van der Waals surface area contributed by atoms with E-state index in [1.807, 2.05) is 6.07 Å². The highest BCUT2D eigenvalue weighted by molar-refractivity contribution is 7.93. The molecule has 0 fully saturated rings. The first-order valence-corrected chi connectivity index (χ1v) is 15.2. The Morgan fingerprint density at radius 3 is 2.73 bits per heavy atom. The van der Waals surface area contributed by atoms with Crippen molar-refractivity contribution in [1.29, 1.82) is 0 Å². The van der Waals surface area contributed by atoms with Crippen LogP contribution >= 0.6 is 23.2 Å². The summed E-state index contributed by atoms with van der Waals surface area (Å²) < 4.78 is 33.9. The van der Waals surface area contributed by atoms with Crippen LogP contribution in [-0.4, -0.2) is 44.5 Å². The van der Waals surface area contributed by atoms with Gasteiger partial charge in [-0.2, -0.15) is 0 Å². The van der Waals surface area contributed by atoms with E-state index in [9.17, 15) is 18.0 Å². The number of ether oxygens (including phenoxy) is 1. The topological polar surface area (TPSA) is 118 Å². The highest BCUT2D eigenvalue weighted by Crippen LogP contribution is 2.38. The summed E-state index contributed by atoms with van der Waals surface area (Å²) in [5, 5.41) is 6.26. The number of amides is 1. The van der Waals surface area contributed by atoms with Gasteiger partial charge in [0.15, 0.2) is 0 Å². The predicted molar refractivity (Wildman–Crippen MR) is 155 cm³/mol. The summed E-state index contributed by atoms with van der Waals surface area (Å²) in [6.07, 6.45) is 3.77. The molecule has 0 radical (unpaired) electrons. The molecule has 1 amide bonds. The molecule has 0 saturated carbocycles. The number of unbranched alkanes of at least 4 members (excludes halogenated alkanes) is 1. The van der Waals surface area contributed by atoms with Crippen LogP contribution in [0.5, 0.6) is 0 Å². The third-order valence-corrected chi connectivity index (χ3v) is 9.39. The third-order valence-electron chi connectivity index (χ3n) is 6.84. The van der Waals surface area contributed by atoms with Crippen LogP contribution in [0.2, 0.25) is 10.0 Å². The second-order valence-electron chi connectivity index (χ2n) is 9.62. The van der Waals surface area contributed by atoms with Crippen LogP contribution in [-0.2, 0) is 37.2 Å². The summed E-state index contributed by atoms with van der Waals surface area (Å²) in [7, 11) is -4.30. The van der Waals surface area contributed by atoms with Crippen LogP contribution in [0.15, 0.2) is 59.5 Å². The molecular formula is C28H28Cl2N4O5S. The van der Waals surface area contributed by atoms with Crippen molar-refractivity contribution in [3.8, 4) is 0 Å². The van der Waals surface area contributed by atoms with Gasteiger partial charge in [-0.15, -0.1) is 0 Å². The van der Waals surface area contributed by atoms with Crippen molar-refractivity contribution in [3.05, 3.63) is 75.9 Å². The van der Waals surface area contributed by atoms with Crippen molar-refractivity contribution in [3.63, 3.8) is 0 Å². The smallest absolute Gasteiger partial charge is 0.308 e. The summed E-state index contributed by atoms with van der Waals surface area (Å²) >= 11 is 12.1. The van der Waals surface area contributed by atoms with Gasteiger partial charge in [-0.3, -0.25) is 13.9 Å². The lowest BCUT2D eigenvalue weighted by Crippen LogP contribution is -2.52. The Morgan fingerprint density at radius 1 is 1.07 bits per heavy atom. The third kappa shape index (κ3) is 6.04. The number of nitrogens with zero attached hydrogens (tertiary/aromatic N) is 2. The van der Waals surface area contributed by atoms with E-state index >= 15 is 0 Å². The number of fused-ring (bicyclic) bond motifs is 2. The fourth-order valence-corrected chi connectivity index (χ4v) is 6.82. The molecule has 0 bridgehead atoms. The van der Waals surface area contributed by atoms with Gasteiger partial charge in [0.25, 0.3) is 10.0 Å². The molecule has 40 heavy (non-hydrogen) atoms. The van der Waals surface area contributed by atoms with Crippen molar-refractivity contribution in [1.82, 2.24) is 4.98 Å². The summed E-state index contributed by atoms with van der Waals surface area (Å²) in [5.41, 5.74) is 2.75. The number of aromatic nitrogens is 1. The molecule has 1 unspecified atom stereocenters. The maximum Gasteiger partial charge on any atom is 0.308 e. The molecule has 9 nitrogen and oxygen atoms in total. The summed E-state index contributed by atoms with van der Waals surface area (Å²) in [4.78, 5) is 30.4. The van der Waals surface area contributed by atoms with Gasteiger partial charge in [0.05, 0.1) is 39.3 Å². The number of sulfonamides is 1. The fraction of sp³-hybridized carbons (Fsp3) is 0.321. The highest BCUT2D eigenvalue weighted by Gasteiger charge is 2.42. The van der Waals surface area contributed by atoms with Crippen LogP contribution < -0.4 is 14.9 Å². The normalized spacial score (nSPS) is 16.4. The van der Waals surface area contributed by atoms with E-state index in [-0.39, 0.29) is 27.2 Å². The van der Waals surface area contributed by atoms with E-state index in [1.165, 1.54) is 23.8 Å². The molecule has 1 aromatic heterocycles. The molecular weight excluding hydrogens is 575 g/mol. The van der Waals surface area contributed by atoms with Crippen molar-refractivity contribution in [2.24, 2.45) is 0 Å². The number of pyridine rings is 1. The number of aryl methyl sites for hydroxylation is 2. The van der Waals surface area contributed by atoms with Crippen LogP contribution in [0.4, 0.5) is 17.2 Å². The van der Waals surface area contributed by atoms with E-state index in [1.54, 1.807) is 24.3 Å². The minimum absolute atomic E-state index is 0.0512. The molecule has 2 N–H and O–H groups in total. The Balaban J connectivity index is 1.24. The molecule has 0 aliphatic carbocycles. The minimum Gasteiger partial charge on any atom is -0.466 e. The zero-order chi connectivity index (χ0) is 28.3. The molecule has 5 rings (SSSR count). The Hall–Kier alpha value is -3.34. The zero-order valence-electron chi connectivity index (χ0n) is 21.5. The van der Waals surface area contributed by atoms with Gasteiger partial charge in [0.2, 0.25) is 5.91 Å². The number of anilines is 3. The van der Waals surface area contributed by atoms with Crippen molar-refractivity contribution in [2.45, 2.75) is 49.5 Å². The Bertz CT molecular complexity index is 1550. The van der Waals surface area contributed by atoms with Gasteiger partial charge in [-0.25, -0.2) is 13.4 Å². The molecule has 0 saturated heterocycles. The molecule has 3 aromatic rings. The van der Waals surface area contributed by atoms with Gasteiger partial charge >= 0.3 is 5.97 Å². The maximum atomic E-state index is 13.8. The second kappa shape index (κ2) is 12.0. The number of carbonyl (C=O) groups is 2. The van der Waals surface area contributed by atoms with E-state index in [2.05, 4.69) is 21.7 Å². The van der Waals surface area contributed by atoms with Gasteiger partial charge in [-0.05, 0) is 74.1 Å². The van der Waals surface area contributed by atoms with E-state index in [0.717, 1.165) is 48.0 Å². The largest absolute Gasteiger partial charge is 0.466 e. The number of carbonyl (C=O) groups excluding carboxylic acids is 2. The summed E-state index contributed by atoms with van der Waals surface area (Å²) in [6.45, 7) is 1.07. The average molecular weight is 604 g/mol. The number of halogens is 2. The minimum atomic E-state index is -4.30. The van der Waals surface area contributed by atoms with Crippen LogP contribution in [0.1, 0.15) is 36.9 Å². The van der Waals surface area contributed by atoms with Gasteiger partial charge in [-0.1, -0.05) is 41.4 Å². The van der Waals surface area contributed by atoms with E-state index in [4.69, 9.17) is 27.9 Å². The molecule has 0 spiro atoms. The summed E-state index contributed by atoms with van der Waals surface area (Å²) in [5.74, 6) is -0.362. The molecule has 2 aliphatic rings. The first kappa shape index (κ1) is 28.2. The predicted octanol–water partition coefficient (Wildman–Crippen LogP) is 5.22. The van der Waals surface area contributed by atoms with Gasteiger partial charge < -0.3 is 15.4 Å². The Labute approximate surface area is 242 Å². The number of nitrogens with one attached hydrogen (secondary N) is 2. The van der Waals surface area contributed by atoms with Crippen LogP contribution in [0.3, 0.4) is 0 Å². The maximum absolute atomic E-state index is 13.8. The van der Waals surface area contributed by atoms with Crippen LogP contribution in [0, 0.1) is 0 Å². The lowest BCUT2D eigenvalue weighted by molar-refractivity contribution is -0.145. The lowest BCUT2D eigenvalue weighted by Gasteiger charge is -2.36. The number of hydrogen-bond acceptors (Lipinski definition) is 7. The number of rotatable bonds is 9.